The Kier molecular flexibility index (Phi) is 31.0. The van der Waals surface area contributed by atoms with Gasteiger partial charge in [-0.05, 0) is 23.8 Å². The van der Waals surface area contributed by atoms with E-state index in [1.165, 1.54) is 122 Å². The number of rotatable bonds is 19. The van der Waals surface area contributed by atoms with Crippen LogP contribution in [-0.4, -0.2) is 11.0 Å². The first-order valence-electron chi connectivity index (χ1n) is 12.0. The van der Waals surface area contributed by atoms with Gasteiger partial charge in [0.05, 0.1) is 0 Å². The molecule has 0 saturated heterocycles. The summed E-state index contributed by atoms with van der Waals surface area (Å²) in [7, 11) is 0. The highest BCUT2D eigenvalue weighted by Gasteiger charge is 1.95. The Labute approximate surface area is 178 Å². The van der Waals surface area contributed by atoms with E-state index >= 15 is 0 Å². The summed E-state index contributed by atoms with van der Waals surface area (Å²) in [5, 5.41) is 0.597. The molecule has 0 saturated carbocycles. The van der Waals surface area contributed by atoms with Gasteiger partial charge in [0.15, 0.2) is 0 Å². The summed E-state index contributed by atoms with van der Waals surface area (Å²) in [6.45, 7) is 6.73. The van der Waals surface area contributed by atoms with Gasteiger partial charge in [0, 0.05) is 0 Å². The summed E-state index contributed by atoms with van der Waals surface area (Å²) in [6.07, 6.45) is 26.8. The molecule has 2 heteroatoms. The minimum atomic E-state index is 0.597. The van der Waals surface area contributed by atoms with Crippen molar-refractivity contribution < 1.29 is 0 Å². The van der Waals surface area contributed by atoms with E-state index in [1.807, 2.05) is 0 Å². The smallest absolute Gasteiger partial charge is 0.00116 e. The number of thiol groups is 2. The summed E-state index contributed by atoms with van der Waals surface area (Å²) in [5.41, 5.74) is 0. The Balaban J connectivity index is 0. The second-order valence-corrected chi connectivity index (χ2v) is 9.35. The number of hydrogen-bond donors (Lipinski definition) is 2. The SMILES string of the molecule is CCCCCCCCCCC(C)S.CCCCCCCCCCCCS. The molecule has 160 valence electrons. The fourth-order valence-electron chi connectivity index (χ4n) is 3.17. The van der Waals surface area contributed by atoms with Crippen LogP contribution >= 0.6 is 25.3 Å². The summed E-state index contributed by atoms with van der Waals surface area (Å²) in [5.74, 6) is 1.07. The molecule has 0 aromatic carbocycles. The zero-order valence-corrected chi connectivity index (χ0v) is 20.4. The fraction of sp³-hybridized carbons (Fsp3) is 1.00. The largest absolute Gasteiger partial charge is 0.179 e. The molecule has 26 heavy (non-hydrogen) atoms. The van der Waals surface area contributed by atoms with Gasteiger partial charge in [-0.2, -0.15) is 25.3 Å². The first kappa shape index (κ1) is 28.9. The molecule has 0 radical (unpaired) electrons. The van der Waals surface area contributed by atoms with Crippen LogP contribution in [0.1, 0.15) is 143 Å². The van der Waals surface area contributed by atoms with Crippen LogP contribution < -0.4 is 0 Å². The van der Waals surface area contributed by atoms with Gasteiger partial charge in [-0.3, -0.25) is 0 Å². The second-order valence-electron chi connectivity index (χ2n) is 8.02. The third-order valence-electron chi connectivity index (χ3n) is 4.99. The van der Waals surface area contributed by atoms with Gasteiger partial charge in [0.25, 0.3) is 0 Å². The molecular formula is C24H52S2. The lowest BCUT2D eigenvalue weighted by atomic mass is 10.1. The molecule has 0 heterocycles. The highest BCUT2D eigenvalue weighted by atomic mass is 32.1. The summed E-state index contributed by atoms with van der Waals surface area (Å²) >= 11 is 8.57. The summed E-state index contributed by atoms with van der Waals surface area (Å²) in [4.78, 5) is 0. The van der Waals surface area contributed by atoms with E-state index < -0.39 is 0 Å². The van der Waals surface area contributed by atoms with Gasteiger partial charge in [0.2, 0.25) is 0 Å². The van der Waals surface area contributed by atoms with Crippen molar-refractivity contribution in [3.8, 4) is 0 Å². The molecule has 0 amide bonds. The van der Waals surface area contributed by atoms with Crippen LogP contribution in [0.25, 0.3) is 0 Å². The Morgan fingerprint density at radius 1 is 0.500 bits per heavy atom. The molecule has 0 N–H and O–H groups in total. The molecular weight excluding hydrogens is 352 g/mol. The maximum Gasteiger partial charge on any atom is -0.00116 e. The van der Waals surface area contributed by atoms with Crippen molar-refractivity contribution in [2.24, 2.45) is 0 Å². The van der Waals surface area contributed by atoms with E-state index in [0.717, 1.165) is 5.75 Å². The summed E-state index contributed by atoms with van der Waals surface area (Å²) in [6, 6.07) is 0. The first-order chi connectivity index (χ1) is 12.7. The quantitative estimate of drug-likeness (QED) is 0.155. The maximum atomic E-state index is 4.37. The van der Waals surface area contributed by atoms with Crippen LogP contribution in [0, 0.1) is 0 Å². The van der Waals surface area contributed by atoms with Crippen molar-refractivity contribution in [2.45, 2.75) is 148 Å². The van der Waals surface area contributed by atoms with Crippen LogP contribution in [0.3, 0.4) is 0 Å². The topological polar surface area (TPSA) is 0 Å². The molecule has 0 bridgehead atoms. The van der Waals surface area contributed by atoms with Gasteiger partial charge in [0.1, 0.15) is 0 Å². The highest BCUT2D eigenvalue weighted by molar-refractivity contribution is 7.80. The van der Waals surface area contributed by atoms with Crippen molar-refractivity contribution in [3.05, 3.63) is 0 Å². The molecule has 0 aliphatic heterocycles. The Bertz CT molecular complexity index is 206. The van der Waals surface area contributed by atoms with Crippen molar-refractivity contribution in [1.29, 1.82) is 0 Å². The minimum Gasteiger partial charge on any atom is -0.179 e. The first-order valence-corrected chi connectivity index (χ1v) is 13.1. The Hall–Kier alpha value is 0.700. The van der Waals surface area contributed by atoms with Crippen LogP contribution in [-0.2, 0) is 0 Å². The van der Waals surface area contributed by atoms with E-state index in [9.17, 15) is 0 Å². The number of hydrogen-bond acceptors (Lipinski definition) is 2. The normalized spacial score (nSPS) is 11.9. The molecule has 0 aliphatic carbocycles. The highest BCUT2D eigenvalue weighted by Crippen LogP contribution is 2.12. The Morgan fingerprint density at radius 2 is 0.808 bits per heavy atom. The monoisotopic (exact) mass is 404 g/mol. The molecule has 0 aliphatic rings. The van der Waals surface area contributed by atoms with Crippen LogP contribution in [0.15, 0.2) is 0 Å². The molecule has 0 spiro atoms. The second kappa shape index (κ2) is 27.9. The molecule has 1 atom stereocenters. The van der Waals surface area contributed by atoms with Crippen LogP contribution in [0.2, 0.25) is 0 Å². The molecule has 0 rings (SSSR count). The van der Waals surface area contributed by atoms with E-state index in [2.05, 4.69) is 46.0 Å². The van der Waals surface area contributed by atoms with Crippen molar-refractivity contribution in [3.63, 3.8) is 0 Å². The predicted octanol–water partition coefficient (Wildman–Crippen LogP) is 9.67. The molecule has 0 fully saturated rings. The van der Waals surface area contributed by atoms with E-state index in [0.29, 0.717) is 5.25 Å². The molecule has 0 nitrogen and oxygen atoms in total. The fourth-order valence-corrected chi connectivity index (χ4v) is 3.58. The maximum absolute atomic E-state index is 4.37. The van der Waals surface area contributed by atoms with Crippen molar-refractivity contribution >= 4 is 25.3 Å². The van der Waals surface area contributed by atoms with E-state index in [-0.39, 0.29) is 0 Å². The molecule has 0 aromatic heterocycles. The number of unbranched alkanes of at least 4 members (excludes halogenated alkanes) is 16. The standard InChI is InChI=1S/2C12H26S/c1-3-4-5-6-7-8-9-10-11-12(2)13;1-2-3-4-5-6-7-8-9-10-11-12-13/h12-13H,3-11H2,1-2H3;13H,2-12H2,1H3. The molecule has 1 unspecified atom stereocenters. The van der Waals surface area contributed by atoms with Crippen LogP contribution in [0.4, 0.5) is 0 Å². The average molecular weight is 405 g/mol. The van der Waals surface area contributed by atoms with Gasteiger partial charge in [-0.25, -0.2) is 0 Å². The van der Waals surface area contributed by atoms with Gasteiger partial charge < -0.3 is 0 Å². The Morgan fingerprint density at radius 3 is 1.12 bits per heavy atom. The van der Waals surface area contributed by atoms with E-state index in [4.69, 9.17) is 0 Å². The molecule has 0 aromatic rings. The lowest BCUT2D eigenvalue weighted by Gasteiger charge is -2.03. The van der Waals surface area contributed by atoms with Gasteiger partial charge >= 0.3 is 0 Å². The van der Waals surface area contributed by atoms with Crippen LogP contribution in [0.5, 0.6) is 0 Å². The lowest BCUT2D eigenvalue weighted by molar-refractivity contribution is 0.563. The predicted molar refractivity (Wildman–Crippen MR) is 131 cm³/mol. The van der Waals surface area contributed by atoms with Crippen molar-refractivity contribution in [2.75, 3.05) is 5.75 Å². The lowest BCUT2D eigenvalue weighted by Crippen LogP contribution is -1.90. The average Bonchev–Trinajstić information content (AvgIpc) is 2.63. The van der Waals surface area contributed by atoms with Gasteiger partial charge in [-0.15, -0.1) is 0 Å². The van der Waals surface area contributed by atoms with E-state index in [1.54, 1.807) is 0 Å². The zero-order valence-electron chi connectivity index (χ0n) is 18.6. The summed E-state index contributed by atoms with van der Waals surface area (Å²) < 4.78 is 0. The van der Waals surface area contributed by atoms with Gasteiger partial charge in [-0.1, -0.05) is 130 Å². The van der Waals surface area contributed by atoms with Crippen molar-refractivity contribution in [1.82, 2.24) is 0 Å². The zero-order chi connectivity index (χ0) is 19.7. The third-order valence-corrected chi connectivity index (χ3v) is 5.56. The minimum absolute atomic E-state index is 0.597. The third kappa shape index (κ3) is 32.4.